The van der Waals surface area contributed by atoms with Gasteiger partial charge < -0.3 is 10.1 Å². The molecule has 0 bridgehead atoms. The van der Waals surface area contributed by atoms with E-state index in [2.05, 4.69) is 18.3 Å². The Morgan fingerprint density at radius 3 is 2.50 bits per heavy atom. The highest BCUT2D eigenvalue weighted by Crippen LogP contribution is 2.22. The van der Waals surface area contributed by atoms with Crippen molar-refractivity contribution in [1.29, 1.82) is 5.26 Å². The highest BCUT2D eigenvalue weighted by molar-refractivity contribution is 4.85. The Morgan fingerprint density at radius 1 is 1.31 bits per heavy atom. The van der Waals surface area contributed by atoms with Crippen LogP contribution in [0.25, 0.3) is 0 Å². The zero-order valence-corrected chi connectivity index (χ0v) is 10.5. The second-order valence-electron chi connectivity index (χ2n) is 4.59. The number of hydrogen-bond donors (Lipinski definition) is 1. The first-order valence-electron chi connectivity index (χ1n) is 6.58. The number of nitrogens with one attached hydrogen (secondary N) is 1. The Balaban J connectivity index is 2.19. The van der Waals surface area contributed by atoms with Crippen molar-refractivity contribution in [3.8, 4) is 6.07 Å². The molecule has 0 heterocycles. The lowest BCUT2D eigenvalue weighted by molar-refractivity contribution is -0.00938. The molecule has 0 aromatic carbocycles. The van der Waals surface area contributed by atoms with Gasteiger partial charge in [0.25, 0.3) is 0 Å². The van der Waals surface area contributed by atoms with Crippen molar-refractivity contribution in [2.24, 2.45) is 0 Å². The molecule has 16 heavy (non-hydrogen) atoms. The topological polar surface area (TPSA) is 45.0 Å². The van der Waals surface area contributed by atoms with Crippen molar-refractivity contribution < 1.29 is 4.74 Å². The smallest absolute Gasteiger partial charge is 0.144 e. The Hall–Kier alpha value is -0.590. The van der Waals surface area contributed by atoms with E-state index < -0.39 is 0 Å². The molecule has 1 fully saturated rings. The number of nitriles is 1. The molecule has 0 spiro atoms. The van der Waals surface area contributed by atoms with Gasteiger partial charge in [0.05, 0.1) is 12.2 Å². The van der Waals surface area contributed by atoms with Crippen molar-refractivity contribution >= 4 is 0 Å². The summed E-state index contributed by atoms with van der Waals surface area (Å²) in [7, 11) is 0. The third-order valence-corrected chi connectivity index (χ3v) is 3.23. The zero-order valence-electron chi connectivity index (χ0n) is 10.5. The predicted molar refractivity (Wildman–Crippen MR) is 65.1 cm³/mol. The van der Waals surface area contributed by atoms with Gasteiger partial charge in [0, 0.05) is 6.04 Å². The Morgan fingerprint density at radius 2 is 2.00 bits per heavy atom. The van der Waals surface area contributed by atoms with Gasteiger partial charge in [-0.25, -0.2) is 0 Å². The van der Waals surface area contributed by atoms with Gasteiger partial charge in [-0.2, -0.15) is 5.26 Å². The van der Waals surface area contributed by atoms with Crippen LogP contribution < -0.4 is 5.32 Å². The van der Waals surface area contributed by atoms with Crippen LogP contribution in [0.1, 0.15) is 52.4 Å². The molecule has 1 aliphatic rings. The minimum atomic E-state index is -0.204. The van der Waals surface area contributed by atoms with Gasteiger partial charge in [-0.05, 0) is 45.1 Å². The molecule has 1 unspecified atom stereocenters. The molecule has 1 aliphatic carbocycles. The molecular formula is C13H24N2O. The minimum Gasteiger partial charge on any atom is -0.360 e. The molecule has 1 rings (SSSR count). The molecule has 0 aromatic rings. The molecule has 0 aliphatic heterocycles. The average molecular weight is 224 g/mol. The Bertz CT molecular complexity index is 216. The fourth-order valence-corrected chi connectivity index (χ4v) is 2.20. The van der Waals surface area contributed by atoms with Crippen molar-refractivity contribution in [1.82, 2.24) is 5.32 Å². The summed E-state index contributed by atoms with van der Waals surface area (Å²) in [5, 5.41) is 12.4. The monoisotopic (exact) mass is 224 g/mol. The molecule has 1 saturated carbocycles. The van der Waals surface area contributed by atoms with Crippen molar-refractivity contribution in [2.45, 2.75) is 70.6 Å². The van der Waals surface area contributed by atoms with Crippen LogP contribution in [0.15, 0.2) is 0 Å². The molecule has 3 heteroatoms. The van der Waals surface area contributed by atoms with Crippen LogP contribution in [-0.2, 0) is 4.74 Å². The van der Waals surface area contributed by atoms with Crippen molar-refractivity contribution in [2.75, 3.05) is 6.54 Å². The summed E-state index contributed by atoms with van der Waals surface area (Å²) in [6.45, 7) is 5.31. The highest BCUT2D eigenvalue weighted by atomic mass is 16.5. The van der Waals surface area contributed by atoms with Crippen LogP contribution in [0, 0.1) is 11.3 Å². The van der Waals surface area contributed by atoms with Gasteiger partial charge in [0.1, 0.15) is 6.10 Å². The van der Waals surface area contributed by atoms with Crippen molar-refractivity contribution in [3.63, 3.8) is 0 Å². The summed E-state index contributed by atoms with van der Waals surface area (Å²) in [5.41, 5.74) is 0. The quantitative estimate of drug-likeness (QED) is 0.754. The van der Waals surface area contributed by atoms with Crippen LogP contribution in [0.4, 0.5) is 0 Å². The molecule has 3 nitrogen and oxygen atoms in total. The summed E-state index contributed by atoms with van der Waals surface area (Å²) in [4.78, 5) is 0. The van der Waals surface area contributed by atoms with E-state index in [9.17, 15) is 0 Å². The van der Waals surface area contributed by atoms with E-state index in [-0.39, 0.29) is 6.10 Å². The van der Waals surface area contributed by atoms with Crippen LogP contribution in [0.2, 0.25) is 0 Å². The second kappa shape index (κ2) is 7.65. The maximum absolute atomic E-state index is 8.84. The molecule has 0 radical (unpaired) electrons. The van der Waals surface area contributed by atoms with Gasteiger partial charge in [-0.1, -0.05) is 13.8 Å². The lowest BCUT2D eigenvalue weighted by atomic mass is 9.92. The van der Waals surface area contributed by atoms with Crippen molar-refractivity contribution in [3.05, 3.63) is 0 Å². The summed E-state index contributed by atoms with van der Waals surface area (Å²) < 4.78 is 5.75. The first-order chi connectivity index (χ1) is 7.80. The third kappa shape index (κ3) is 4.51. The van der Waals surface area contributed by atoms with Gasteiger partial charge >= 0.3 is 0 Å². The molecule has 0 saturated heterocycles. The van der Waals surface area contributed by atoms with E-state index in [0.717, 1.165) is 25.8 Å². The summed E-state index contributed by atoms with van der Waals surface area (Å²) in [6, 6.07) is 2.88. The van der Waals surface area contributed by atoms with Crippen LogP contribution in [-0.4, -0.2) is 24.8 Å². The predicted octanol–water partition coefficient (Wildman–Crippen LogP) is 2.62. The van der Waals surface area contributed by atoms with Crippen LogP contribution >= 0.6 is 0 Å². The SMILES string of the molecule is CCCNC1CCC(OC(C#N)CC)CC1. The van der Waals surface area contributed by atoms with Gasteiger partial charge in [0.15, 0.2) is 0 Å². The minimum absolute atomic E-state index is 0.204. The van der Waals surface area contributed by atoms with E-state index in [4.69, 9.17) is 10.00 Å². The maximum atomic E-state index is 8.84. The number of nitrogens with zero attached hydrogens (tertiary/aromatic N) is 1. The largest absolute Gasteiger partial charge is 0.360 e. The van der Waals surface area contributed by atoms with E-state index in [1.807, 2.05) is 6.92 Å². The van der Waals surface area contributed by atoms with Crippen LogP contribution in [0.3, 0.4) is 0 Å². The average Bonchev–Trinajstić information content (AvgIpc) is 2.35. The fraction of sp³-hybridized carbons (Fsp3) is 0.923. The van der Waals surface area contributed by atoms with E-state index in [1.165, 1.54) is 19.3 Å². The van der Waals surface area contributed by atoms with Gasteiger partial charge in [-0.3, -0.25) is 0 Å². The fourth-order valence-electron chi connectivity index (χ4n) is 2.20. The maximum Gasteiger partial charge on any atom is 0.144 e. The Labute approximate surface area is 99.2 Å². The van der Waals surface area contributed by atoms with E-state index in [1.54, 1.807) is 0 Å². The van der Waals surface area contributed by atoms with Crippen LogP contribution in [0.5, 0.6) is 0 Å². The lowest BCUT2D eigenvalue weighted by Gasteiger charge is -2.30. The summed E-state index contributed by atoms with van der Waals surface area (Å²) in [6.07, 6.45) is 6.67. The number of hydrogen-bond acceptors (Lipinski definition) is 3. The molecular weight excluding hydrogens is 200 g/mol. The third-order valence-electron chi connectivity index (χ3n) is 3.23. The highest BCUT2D eigenvalue weighted by Gasteiger charge is 2.23. The lowest BCUT2D eigenvalue weighted by Crippen LogP contribution is -2.36. The van der Waals surface area contributed by atoms with Gasteiger partial charge in [0.2, 0.25) is 0 Å². The normalized spacial score (nSPS) is 27.3. The van der Waals surface area contributed by atoms with E-state index in [0.29, 0.717) is 12.1 Å². The Kier molecular flexibility index (Phi) is 6.44. The zero-order chi connectivity index (χ0) is 11.8. The summed E-state index contributed by atoms with van der Waals surface area (Å²) in [5.74, 6) is 0. The van der Waals surface area contributed by atoms with E-state index >= 15 is 0 Å². The number of ether oxygens (including phenoxy) is 1. The molecule has 0 aromatic heterocycles. The van der Waals surface area contributed by atoms with Gasteiger partial charge in [-0.15, -0.1) is 0 Å². The summed E-state index contributed by atoms with van der Waals surface area (Å²) >= 11 is 0. The first kappa shape index (κ1) is 13.5. The second-order valence-corrected chi connectivity index (χ2v) is 4.59. The molecule has 1 atom stereocenters. The molecule has 0 amide bonds. The molecule has 92 valence electrons. The number of rotatable bonds is 6. The first-order valence-corrected chi connectivity index (χ1v) is 6.58. The molecule has 1 N–H and O–H groups in total. The standard InChI is InChI=1S/C13H24N2O/c1-3-9-15-11-5-7-13(8-6-11)16-12(4-2)10-14/h11-13,15H,3-9H2,1-2H3.